The topological polar surface area (TPSA) is 75.9 Å². The molecule has 3 heterocycles. The molecule has 1 fully saturated rings. The standard InChI is InChI=1S/C14H20N6OS/c1-10-8-22-12(17-10)6-15-14(21)20-5-3-4-11(7-20)13-18-16-9-19(13)2/h8-9,11H,3-7H2,1-2H3,(H,15,21)/t11-/m1/s1. The Balaban J connectivity index is 1.57. The van der Waals surface area contributed by atoms with Crippen LogP contribution in [0.15, 0.2) is 11.7 Å². The summed E-state index contributed by atoms with van der Waals surface area (Å²) in [6.45, 7) is 3.92. The maximum atomic E-state index is 12.3. The lowest BCUT2D eigenvalue weighted by Gasteiger charge is -2.32. The molecule has 2 amide bonds. The van der Waals surface area contributed by atoms with Crippen LogP contribution in [0, 0.1) is 6.92 Å². The van der Waals surface area contributed by atoms with Crippen LogP contribution in [0.2, 0.25) is 0 Å². The summed E-state index contributed by atoms with van der Waals surface area (Å²) in [5.41, 5.74) is 0.995. The van der Waals surface area contributed by atoms with Crippen molar-refractivity contribution in [2.75, 3.05) is 13.1 Å². The summed E-state index contributed by atoms with van der Waals surface area (Å²) in [6.07, 6.45) is 3.74. The summed E-state index contributed by atoms with van der Waals surface area (Å²) in [5, 5.41) is 14.0. The molecule has 1 saturated heterocycles. The van der Waals surface area contributed by atoms with Gasteiger partial charge in [-0.1, -0.05) is 0 Å². The number of thiazole rings is 1. The van der Waals surface area contributed by atoms with Crippen molar-refractivity contribution in [1.29, 1.82) is 0 Å². The monoisotopic (exact) mass is 320 g/mol. The summed E-state index contributed by atoms with van der Waals surface area (Å²) in [6, 6.07) is -0.0280. The number of carbonyl (C=O) groups is 1. The molecule has 22 heavy (non-hydrogen) atoms. The van der Waals surface area contributed by atoms with Gasteiger partial charge in [-0.05, 0) is 19.8 Å². The summed E-state index contributed by atoms with van der Waals surface area (Å²) in [4.78, 5) is 18.6. The second-order valence-corrected chi connectivity index (χ2v) is 6.57. The minimum Gasteiger partial charge on any atom is -0.331 e. The fourth-order valence-corrected chi connectivity index (χ4v) is 3.49. The van der Waals surface area contributed by atoms with Crippen LogP contribution in [0.1, 0.15) is 35.3 Å². The van der Waals surface area contributed by atoms with Crippen molar-refractivity contribution in [3.63, 3.8) is 0 Å². The quantitative estimate of drug-likeness (QED) is 0.933. The van der Waals surface area contributed by atoms with Crippen LogP contribution in [0.25, 0.3) is 0 Å². The van der Waals surface area contributed by atoms with Gasteiger partial charge in [0.25, 0.3) is 0 Å². The van der Waals surface area contributed by atoms with E-state index in [0.717, 1.165) is 35.9 Å². The number of urea groups is 1. The van der Waals surface area contributed by atoms with E-state index in [1.54, 1.807) is 17.7 Å². The van der Waals surface area contributed by atoms with E-state index in [1.165, 1.54) is 0 Å². The molecule has 0 radical (unpaired) electrons. The number of hydrogen-bond acceptors (Lipinski definition) is 5. The van der Waals surface area contributed by atoms with Crippen LogP contribution in [0.4, 0.5) is 4.79 Å². The summed E-state index contributed by atoms with van der Waals surface area (Å²) < 4.78 is 1.93. The van der Waals surface area contributed by atoms with Gasteiger partial charge in [0, 0.05) is 37.1 Å². The fourth-order valence-electron chi connectivity index (χ4n) is 2.78. The zero-order valence-corrected chi connectivity index (χ0v) is 13.6. The molecule has 0 saturated carbocycles. The highest BCUT2D eigenvalue weighted by atomic mass is 32.1. The Labute approximate surface area is 133 Å². The van der Waals surface area contributed by atoms with E-state index in [9.17, 15) is 4.79 Å². The first-order chi connectivity index (χ1) is 10.6. The van der Waals surface area contributed by atoms with Crippen LogP contribution in [-0.2, 0) is 13.6 Å². The van der Waals surface area contributed by atoms with Gasteiger partial charge in [0.05, 0.1) is 6.54 Å². The first kappa shape index (κ1) is 15.0. The lowest BCUT2D eigenvalue weighted by molar-refractivity contribution is 0.177. The van der Waals surface area contributed by atoms with Crippen LogP contribution in [0.3, 0.4) is 0 Å². The third-order valence-corrected chi connectivity index (χ3v) is 4.84. The highest BCUT2D eigenvalue weighted by Gasteiger charge is 2.27. The maximum Gasteiger partial charge on any atom is 0.317 e. The van der Waals surface area contributed by atoms with Gasteiger partial charge < -0.3 is 14.8 Å². The highest BCUT2D eigenvalue weighted by Crippen LogP contribution is 2.25. The molecule has 0 aromatic carbocycles. The number of hydrogen-bond donors (Lipinski definition) is 1. The first-order valence-electron chi connectivity index (χ1n) is 7.41. The van der Waals surface area contributed by atoms with Crippen molar-refractivity contribution in [2.45, 2.75) is 32.2 Å². The minimum absolute atomic E-state index is 0.0280. The Kier molecular flexibility index (Phi) is 4.37. The molecule has 1 N–H and O–H groups in total. The summed E-state index contributed by atoms with van der Waals surface area (Å²) >= 11 is 1.57. The third kappa shape index (κ3) is 3.27. The van der Waals surface area contributed by atoms with Crippen molar-refractivity contribution in [3.05, 3.63) is 28.2 Å². The SMILES string of the molecule is Cc1csc(CNC(=O)N2CCC[C@@H](c3nncn3C)C2)n1. The van der Waals surface area contributed by atoms with Gasteiger partial charge >= 0.3 is 6.03 Å². The lowest BCUT2D eigenvalue weighted by atomic mass is 9.97. The molecule has 118 valence electrons. The fraction of sp³-hybridized carbons (Fsp3) is 0.571. The number of aryl methyl sites for hydroxylation is 2. The zero-order chi connectivity index (χ0) is 15.5. The predicted octanol–water partition coefficient (Wildman–Crippen LogP) is 1.67. The van der Waals surface area contributed by atoms with E-state index in [0.29, 0.717) is 13.1 Å². The molecule has 1 atom stereocenters. The normalized spacial score (nSPS) is 18.5. The van der Waals surface area contributed by atoms with E-state index >= 15 is 0 Å². The number of carbonyl (C=O) groups excluding carboxylic acids is 1. The Morgan fingerprint density at radius 1 is 1.55 bits per heavy atom. The van der Waals surface area contributed by atoms with Crippen LogP contribution in [0.5, 0.6) is 0 Å². The molecule has 0 bridgehead atoms. The van der Waals surface area contributed by atoms with Crippen LogP contribution in [-0.4, -0.2) is 43.8 Å². The Morgan fingerprint density at radius 2 is 2.41 bits per heavy atom. The molecule has 0 aliphatic carbocycles. The average molecular weight is 320 g/mol. The molecule has 2 aromatic heterocycles. The Bertz CT molecular complexity index is 651. The van der Waals surface area contributed by atoms with Crippen molar-refractivity contribution in [3.8, 4) is 0 Å². The van der Waals surface area contributed by atoms with Crippen LogP contribution >= 0.6 is 11.3 Å². The number of aromatic nitrogens is 4. The van der Waals surface area contributed by atoms with Gasteiger partial charge in [-0.25, -0.2) is 9.78 Å². The average Bonchev–Trinajstić information content (AvgIpc) is 3.13. The minimum atomic E-state index is -0.0280. The molecule has 8 heteroatoms. The molecule has 3 rings (SSSR count). The molecule has 0 unspecified atom stereocenters. The Hall–Kier alpha value is -1.96. The number of amides is 2. The number of nitrogens with one attached hydrogen (secondary N) is 1. The van der Waals surface area contributed by atoms with E-state index in [4.69, 9.17) is 0 Å². The van der Waals surface area contributed by atoms with Crippen molar-refractivity contribution in [2.24, 2.45) is 7.05 Å². The zero-order valence-electron chi connectivity index (χ0n) is 12.8. The number of piperidine rings is 1. The largest absolute Gasteiger partial charge is 0.331 e. The van der Waals surface area contributed by atoms with E-state index in [1.807, 2.05) is 28.8 Å². The predicted molar refractivity (Wildman–Crippen MR) is 83.6 cm³/mol. The van der Waals surface area contributed by atoms with Crippen molar-refractivity contribution in [1.82, 2.24) is 30.0 Å². The number of nitrogens with zero attached hydrogens (tertiary/aromatic N) is 5. The van der Waals surface area contributed by atoms with E-state index < -0.39 is 0 Å². The molecule has 1 aliphatic heterocycles. The highest BCUT2D eigenvalue weighted by molar-refractivity contribution is 7.09. The molecule has 7 nitrogen and oxygen atoms in total. The smallest absolute Gasteiger partial charge is 0.317 e. The van der Waals surface area contributed by atoms with E-state index in [2.05, 4.69) is 20.5 Å². The third-order valence-electron chi connectivity index (χ3n) is 3.88. The molecular formula is C14H20N6OS. The van der Waals surface area contributed by atoms with Gasteiger partial charge in [-0.3, -0.25) is 0 Å². The second-order valence-electron chi connectivity index (χ2n) is 5.63. The second kappa shape index (κ2) is 6.43. The summed E-state index contributed by atoms with van der Waals surface area (Å²) in [7, 11) is 1.94. The number of likely N-dealkylation sites (tertiary alicyclic amines) is 1. The van der Waals surface area contributed by atoms with Crippen molar-refractivity contribution >= 4 is 17.4 Å². The lowest BCUT2D eigenvalue weighted by Crippen LogP contribution is -2.45. The molecule has 0 spiro atoms. The maximum absolute atomic E-state index is 12.3. The Morgan fingerprint density at radius 3 is 3.09 bits per heavy atom. The van der Waals surface area contributed by atoms with Gasteiger partial charge in [0.2, 0.25) is 0 Å². The molecule has 1 aliphatic rings. The van der Waals surface area contributed by atoms with E-state index in [-0.39, 0.29) is 11.9 Å². The van der Waals surface area contributed by atoms with Gasteiger partial charge in [0.1, 0.15) is 17.2 Å². The van der Waals surface area contributed by atoms with Crippen LogP contribution < -0.4 is 5.32 Å². The van der Waals surface area contributed by atoms with Gasteiger partial charge in [-0.15, -0.1) is 21.5 Å². The first-order valence-corrected chi connectivity index (χ1v) is 8.29. The molecular weight excluding hydrogens is 300 g/mol. The number of rotatable bonds is 3. The van der Waals surface area contributed by atoms with Crippen molar-refractivity contribution < 1.29 is 4.79 Å². The summed E-state index contributed by atoms with van der Waals surface area (Å²) in [5.74, 6) is 1.21. The van der Waals surface area contributed by atoms with Gasteiger partial charge in [-0.2, -0.15) is 0 Å². The van der Waals surface area contributed by atoms with Gasteiger partial charge in [0.15, 0.2) is 0 Å². The molecule has 2 aromatic rings.